The van der Waals surface area contributed by atoms with Gasteiger partial charge in [0.25, 0.3) is 0 Å². The summed E-state index contributed by atoms with van der Waals surface area (Å²) in [7, 11) is 8.15. The van der Waals surface area contributed by atoms with Crippen LogP contribution < -0.4 is 10.6 Å². The Hall–Kier alpha value is -0.830. The van der Waals surface area contributed by atoms with Crippen LogP contribution >= 0.6 is 24.0 Å². The summed E-state index contributed by atoms with van der Waals surface area (Å²) in [5, 5.41) is 11.1. The van der Waals surface area contributed by atoms with Gasteiger partial charge in [0.15, 0.2) is 5.96 Å². The standard InChI is InChI=1S/C17H32N6.HI/c1-18-17(19-12-15-10-11-21-23(15)4)20-13-16(22(2)3)14-8-6-5-7-9-14;/h10-11,14,16H,5-9,12-13H2,1-4H3,(H2,18,19,20);1H. The van der Waals surface area contributed by atoms with Gasteiger partial charge in [0.1, 0.15) is 0 Å². The Kier molecular flexibility index (Phi) is 9.65. The van der Waals surface area contributed by atoms with Gasteiger partial charge in [0.2, 0.25) is 0 Å². The number of halogens is 1. The van der Waals surface area contributed by atoms with Crippen LogP contribution in [0.5, 0.6) is 0 Å². The summed E-state index contributed by atoms with van der Waals surface area (Å²) < 4.78 is 1.88. The second kappa shape index (κ2) is 10.9. The normalized spacial score (nSPS) is 17.5. The van der Waals surface area contributed by atoms with Crippen LogP contribution in [-0.2, 0) is 13.6 Å². The van der Waals surface area contributed by atoms with Crippen LogP contribution in [0.3, 0.4) is 0 Å². The smallest absolute Gasteiger partial charge is 0.191 e. The van der Waals surface area contributed by atoms with Crippen LogP contribution in [0.4, 0.5) is 0 Å². The van der Waals surface area contributed by atoms with Crippen molar-refractivity contribution in [2.45, 2.75) is 44.7 Å². The van der Waals surface area contributed by atoms with Crippen molar-refractivity contribution >= 4 is 29.9 Å². The molecule has 138 valence electrons. The molecule has 0 saturated heterocycles. The number of aryl methyl sites for hydroxylation is 1. The Bertz CT molecular complexity index is 493. The minimum Gasteiger partial charge on any atom is -0.355 e. The van der Waals surface area contributed by atoms with Crippen LogP contribution in [0, 0.1) is 5.92 Å². The summed E-state index contributed by atoms with van der Waals surface area (Å²) in [6.07, 6.45) is 8.68. The summed E-state index contributed by atoms with van der Waals surface area (Å²) in [6, 6.07) is 2.58. The maximum absolute atomic E-state index is 4.34. The van der Waals surface area contributed by atoms with E-state index in [1.807, 2.05) is 31.0 Å². The lowest BCUT2D eigenvalue weighted by Crippen LogP contribution is -2.48. The molecule has 0 aromatic carbocycles. The maximum atomic E-state index is 4.34. The van der Waals surface area contributed by atoms with Crippen LogP contribution in [-0.4, -0.2) is 54.4 Å². The summed E-state index contributed by atoms with van der Waals surface area (Å²) in [5.41, 5.74) is 1.14. The van der Waals surface area contributed by atoms with Gasteiger partial charge in [0, 0.05) is 32.9 Å². The molecule has 1 fully saturated rings. The van der Waals surface area contributed by atoms with Gasteiger partial charge >= 0.3 is 0 Å². The number of hydrogen-bond donors (Lipinski definition) is 2. The predicted molar refractivity (Wildman–Crippen MR) is 111 cm³/mol. The van der Waals surface area contributed by atoms with Crippen molar-refractivity contribution in [2.24, 2.45) is 18.0 Å². The van der Waals surface area contributed by atoms with Gasteiger partial charge < -0.3 is 15.5 Å². The molecule has 1 aromatic rings. The second-order valence-corrected chi connectivity index (χ2v) is 6.68. The third-order valence-electron chi connectivity index (χ3n) is 4.92. The van der Waals surface area contributed by atoms with E-state index < -0.39 is 0 Å². The number of aromatic nitrogens is 2. The molecule has 0 bridgehead atoms. The van der Waals surface area contributed by atoms with E-state index in [1.54, 1.807) is 0 Å². The molecule has 6 nitrogen and oxygen atoms in total. The molecule has 1 heterocycles. The van der Waals surface area contributed by atoms with E-state index in [1.165, 1.54) is 32.1 Å². The minimum atomic E-state index is 0. The van der Waals surface area contributed by atoms with Gasteiger partial charge in [-0.25, -0.2) is 0 Å². The highest BCUT2D eigenvalue weighted by Crippen LogP contribution is 2.27. The maximum Gasteiger partial charge on any atom is 0.191 e. The number of guanidine groups is 1. The van der Waals surface area contributed by atoms with E-state index >= 15 is 0 Å². The van der Waals surface area contributed by atoms with E-state index in [2.05, 4.69) is 39.7 Å². The first-order valence-corrected chi connectivity index (χ1v) is 8.69. The van der Waals surface area contributed by atoms with Gasteiger partial charge in [-0.15, -0.1) is 24.0 Å². The molecule has 0 spiro atoms. The molecule has 7 heteroatoms. The third-order valence-corrected chi connectivity index (χ3v) is 4.92. The zero-order chi connectivity index (χ0) is 16.7. The number of likely N-dealkylation sites (N-methyl/N-ethyl adjacent to an activating group) is 1. The van der Waals surface area contributed by atoms with Crippen molar-refractivity contribution in [3.63, 3.8) is 0 Å². The number of rotatable bonds is 6. The van der Waals surface area contributed by atoms with Gasteiger partial charge in [-0.05, 0) is 38.9 Å². The molecule has 1 saturated carbocycles. The first kappa shape index (κ1) is 21.2. The molecule has 1 aromatic heterocycles. The highest BCUT2D eigenvalue weighted by atomic mass is 127. The summed E-state index contributed by atoms with van der Waals surface area (Å²) in [4.78, 5) is 6.70. The van der Waals surface area contributed by atoms with Crippen molar-refractivity contribution in [1.82, 2.24) is 25.3 Å². The fourth-order valence-corrected chi connectivity index (χ4v) is 3.46. The minimum absolute atomic E-state index is 0. The van der Waals surface area contributed by atoms with Crippen LogP contribution in [0.15, 0.2) is 17.3 Å². The highest BCUT2D eigenvalue weighted by Gasteiger charge is 2.25. The lowest BCUT2D eigenvalue weighted by Gasteiger charge is -2.35. The number of aliphatic imine (C=N–C) groups is 1. The quantitative estimate of drug-likeness (QED) is 0.398. The first-order valence-electron chi connectivity index (χ1n) is 8.69. The van der Waals surface area contributed by atoms with Crippen molar-refractivity contribution in [3.05, 3.63) is 18.0 Å². The van der Waals surface area contributed by atoms with Gasteiger partial charge in [0.05, 0.1) is 12.2 Å². The molecule has 2 N–H and O–H groups in total. The molecule has 0 radical (unpaired) electrons. The van der Waals surface area contributed by atoms with Crippen LogP contribution in [0.25, 0.3) is 0 Å². The third kappa shape index (κ3) is 6.23. The largest absolute Gasteiger partial charge is 0.355 e. The highest BCUT2D eigenvalue weighted by molar-refractivity contribution is 14.0. The zero-order valence-electron chi connectivity index (χ0n) is 15.5. The summed E-state index contributed by atoms with van der Waals surface area (Å²) >= 11 is 0. The zero-order valence-corrected chi connectivity index (χ0v) is 17.8. The monoisotopic (exact) mass is 448 g/mol. The second-order valence-electron chi connectivity index (χ2n) is 6.68. The average molecular weight is 448 g/mol. The van der Waals surface area contributed by atoms with Gasteiger partial charge in [-0.2, -0.15) is 5.10 Å². The van der Waals surface area contributed by atoms with Crippen molar-refractivity contribution in [3.8, 4) is 0 Å². The van der Waals surface area contributed by atoms with Crippen LogP contribution in [0.2, 0.25) is 0 Å². The number of nitrogens with zero attached hydrogens (tertiary/aromatic N) is 4. The van der Waals surface area contributed by atoms with Crippen LogP contribution in [0.1, 0.15) is 37.8 Å². The predicted octanol–water partition coefficient (Wildman–Crippen LogP) is 2.21. The van der Waals surface area contributed by atoms with E-state index in [4.69, 9.17) is 0 Å². The Balaban J connectivity index is 0.00000288. The lowest BCUT2D eigenvalue weighted by molar-refractivity contribution is 0.171. The summed E-state index contributed by atoms with van der Waals surface area (Å²) in [6.45, 7) is 1.66. The van der Waals surface area contributed by atoms with E-state index in [-0.39, 0.29) is 24.0 Å². The van der Waals surface area contributed by atoms with E-state index in [9.17, 15) is 0 Å². The fourth-order valence-electron chi connectivity index (χ4n) is 3.46. The summed E-state index contributed by atoms with van der Waals surface area (Å²) in [5.74, 6) is 1.65. The molecule has 2 rings (SSSR count). The van der Waals surface area contributed by atoms with Gasteiger partial charge in [-0.1, -0.05) is 19.3 Å². The molecule has 1 aliphatic carbocycles. The molecule has 1 aliphatic rings. The number of nitrogens with one attached hydrogen (secondary N) is 2. The average Bonchev–Trinajstić information content (AvgIpc) is 2.96. The first-order chi connectivity index (χ1) is 11.1. The topological polar surface area (TPSA) is 57.5 Å². The van der Waals surface area contributed by atoms with Crippen molar-refractivity contribution < 1.29 is 0 Å². The fraction of sp³-hybridized carbons (Fsp3) is 0.765. The van der Waals surface area contributed by atoms with Crippen molar-refractivity contribution in [2.75, 3.05) is 27.7 Å². The Labute approximate surface area is 163 Å². The van der Waals surface area contributed by atoms with Gasteiger partial charge in [-0.3, -0.25) is 9.67 Å². The number of hydrogen-bond acceptors (Lipinski definition) is 3. The molecule has 0 amide bonds. The molecule has 1 atom stereocenters. The lowest BCUT2D eigenvalue weighted by atomic mass is 9.83. The Morgan fingerprint density at radius 3 is 2.58 bits per heavy atom. The van der Waals surface area contributed by atoms with E-state index in [0.717, 1.165) is 30.7 Å². The molecule has 0 aliphatic heterocycles. The SMILES string of the molecule is CN=C(NCc1ccnn1C)NCC(C1CCCCC1)N(C)C.I. The molecule has 24 heavy (non-hydrogen) atoms. The molecular weight excluding hydrogens is 415 g/mol. The van der Waals surface area contributed by atoms with Crippen molar-refractivity contribution in [1.29, 1.82) is 0 Å². The Morgan fingerprint density at radius 1 is 1.33 bits per heavy atom. The Morgan fingerprint density at radius 2 is 2.04 bits per heavy atom. The molecule has 1 unspecified atom stereocenters. The van der Waals surface area contributed by atoms with E-state index in [0.29, 0.717) is 6.04 Å². The molecular formula is C17H33IN6.